The average Bonchev–Trinajstić information content (AvgIpc) is 2.05. The molecule has 4 heteroatoms. The molecule has 1 aliphatic rings. The van der Waals surface area contributed by atoms with E-state index in [2.05, 4.69) is 14.5 Å². The van der Waals surface area contributed by atoms with E-state index in [-0.39, 0.29) is 5.92 Å². The molecule has 0 aromatic heterocycles. The Balaban J connectivity index is 2.30. The van der Waals surface area contributed by atoms with E-state index in [4.69, 9.17) is 5.11 Å². The highest BCUT2D eigenvalue weighted by atomic mass is 31.0. The van der Waals surface area contributed by atoms with Gasteiger partial charge in [-0.15, -0.1) is 0 Å². The van der Waals surface area contributed by atoms with Crippen LogP contribution >= 0.6 is 9.39 Å². The van der Waals surface area contributed by atoms with Gasteiger partial charge in [0.2, 0.25) is 0 Å². The molecule has 0 aromatic carbocycles. The van der Waals surface area contributed by atoms with Crippen LogP contribution in [-0.4, -0.2) is 17.1 Å². The van der Waals surface area contributed by atoms with Gasteiger partial charge in [0.05, 0.1) is 5.92 Å². The molecule has 1 aliphatic carbocycles. The lowest BCUT2D eigenvalue weighted by molar-refractivity contribution is -0.142. The molecule has 0 bridgehead atoms. The highest BCUT2D eigenvalue weighted by Crippen LogP contribution is 2.24. The van der Waals surface area contributed by atoms with Crippen molar-refractivity contribution in [2.24, 2.45) is 5.92 Å². The van der Waals surface area contributed by atoms with E-state index >= 15 is 0 Å². The van der Waals surface area contributed by atoms with E-state index in [1.807, 2.05) is 0 Å². The maximum absolute atomic E-state index is 10.5. The zero-order chi connectivity index (χ0) is 8.27. The number of rotatable bonds is 2. The summed E-state index contributed by atoms with van der Waals surface area (Å²) in [5.74, 6) is -0.725. The van der Waals surface area contributed by atoms with Crippen molar-refractivity contribution in [3.63, 3.8) is 0 Å². The van der Waals surface area contributed by atoms with E-state index in [1.165, 1.54) is 0 Å². The van der Waals surface area contributed by atoms with Crippen LogP contribution < -0.4 is 5.09 Å². The van der Waals surface area contributed by atoms with Gasteiger partial charge < -0.3 is 5.11 Å². The third kappa shape index (κ3) is 2.42. The molecule has 1 atom stereocenters. The largest absolute Gasteiger partial charge is 0.481 e. The zero-order valence-electron chi connectivity index (χ0n) is 6.42. The Hall–Kier alpha value is -0.140. The topological polar surface area (TPSA) is 49.3 Å². The van der Waals surface area contributed by atoms with Crippen LogP contribution in [0.3, 0.4) is 0 Å². The monoisotopic (exact) mass is 175 g/mol. The molecular weight excluding hydrogens is 161 g/mol. The predicted octanol–water partition coefficient (Wildman–Crippen LogP) is 1.01. The van der Waals surface area contributed by atoms with Gasteiger partial charge in [-0.05, 0) is 25.7 Å². The maximum Gasteiger partial charge on any atom is 0.306 e. The van der Waals surface area contributed by atoms with Crippen LogP contribution in [0, 0.1) is 5.92 Å². The summed E-state index contributed by atoms with van der Waals surface area (Å²) in [5, 5.41) is 11.8. The van der Waals surface area contributed by atoms with Crippen molar-refractivity contribution in [2.45, 2.75) is 31.7 Å². The second-order valence-corrected chi connectivity index (χ2v) is 3.39. The van der Waals surface area contributed by atoms with E-state index in [0.717, 1.165) is 25.7 Å². The van der Waals surface area contributed by atoms with Crippen LogP contribution in [0.1, 0.15) is 25.7 Å². The van der Waals surface area contributed by atoms with Crippen molar-refractivity contribution in [1.29, 1.82) is 0 Å². The van der Waals surface area contributed by atoms with Crippen molar-refractivity contribution in [3.8, 4) is 0 Å². The smallest absolute Gasteiger partial charge is 0.306 e. The summed E-state index contributed by atoms with van der Waals surface area (Å²) in [5.41, 5.74) is 0. The Labute approximate surface area is 68.8 Å². The standard InChI is InChI=1S/C7H14NO2P/c9-7(10)5-1-3-6(8-11)4-2-5/h5-6,8H,1-4,11H2,(H,9,10)/t5-,6-. The third-order valence-corrected chi connectivity index (χ3v) is 2.78. The molecule has 0 aromatic rings. The predicted molar refractivity (Wildman–Crippen MR) is 46.2 cm³/mol. The highest BCUT2D eigenvalue weighted by Gasteiger charge is 2.24. The van der Waals surface area contributed by atoms with Gasteiger partial charge in [-0.2, -0.15) is 0 Å². The molecule has 0 heterocycles. The molecule has 1 fully saturated rings. The summed E-state index contributed by atoms with van der Waals surface area (Å²) in [6.07, 6.45) is 3.61. The third-order valence-electron chi connectivity index (χ3n) is 2.31. The molecule has 0 saturated heterocycles. The van der Waals surface area contributed by atoms with Gasteiger partial charge in [-0.3, -0.25) is 9.88 Å². The van der Waals surface area contributed by atoms with Crippen LogP contribution in [0.5, 0.6) is 0 Å². The summed E-state index contributed by atoms with van der Waals surface area (Å²) >= 11 is 0. The average molecular weight is 175 g/mol. The molecule has 64 valence electrons. The van der Waals surface area contributed by atoms with E-state index in [9.17, 15) is 4.79 Å². The van der Waals surface area contributed by atoms with Crippen molar-refractivity contribution < 1.29 is 9.90 Å². The van der Waals surface area contributed by atoms with E-state index < -0.39 is 5.97 Å². The van der Waals surface area contributed by atoms with E-state index in [0.29, 0.717) is 6.04 Å². The Morgan fingerprint density at radius 1 is 1.36 bits per heavy atom. The number of carboxylic acid groups (broad SMARTS) is 1. The number of carbonyl (C=O) groups is 1. The van der Waals surface area contributed by atoms with Crippen molar-refractivity contribution >= 4 is 15.4 Å². The first-order valence-electron chi connectivity index (χ1n) is 3.93. The molecule has 0 amide bonds. The fourth-order valence-corrected chi connectivity index (χ4v) is 1.84. The van der Waals surface area contributed by atoms with E-state index in [1.54, 1.807) is 0 Å². The lowest BCUT2D eigenvalue weighted by Gasteiger charge is -2.25. The molecule has 1 rings (SSSR count). The minimum atomic E-state index is -0.632. The van der Waals surface area contributed by atoms with Crippen molar-refractivity contribution in [1.82, 2.24) is 5.09 Å². The van der Waals surface area contributed by atoms with Gasteiger partial charge >= 0.3 is 5.97 Å². The Morgan fingerprint density at radius 3 is 2.27 bits per heavy atom. The quantitative estimate of drug-likeness (QED) is 0.616. The van der Waals surface area contributed by atoms with Crippen LogP contribution in [-0.2, 0) is 4.79 Å². The summed E-state index contributed by atoms with van der Waals surface area (Å²) in [4.78, 5) is 10.5. The number of carboxylic acids is 1. The fraction of sp³-hybridized carbons (Fsp3) is 0.857. The normalized spacial score (nSPS) is 31.7. The Kier molecular flexibility index (Phi) is 3.28. The second-order valence-electron chi connectivity index (χ2n) is 3.05. The van der Waals surface area contributed by atoms with Gasteiger partial charge in [0.15, 0.2) is 0 Å². The van der Waals surface area contributed by atoms with Crippen LogP contribution in [0.4, 0.5) is 0 Å². The molecule has 0 radical (unpaired) electrons. The molecule has 1 saturated carbocycles. The summed E-state index contributed by atoms with van der Waals surface area (Å²) < 4.78 is 0. The summed E-state index contributed by atoms with van der Waals surface area (Å²) in [7, 11) is 2.48. The van der Waals surface area contributed by atoms with Crippen molar-refractivity contribution in [3.05, 3.63) is 0 Å². The Morgan fingerprint density at radius 2 is 1.91 bits per heavy atom. The SMILES string of the molecule is O=C(O)[C@H]1CC[C@H](NP)CC1. The molecular formula is C7H14NO2P. The second kappa shape index (κ2) is 4.03. The van der Waals surface area contributed by atoms with Gasteiger partial charge in [0, 0.05) is 6.04 Å². The van der Waals surface area contributed by atoms with Gasteiger partial charge in [-0.25, -0.2) is 0 Å². The molecule has 3 nitrogen and oxygen atoms in total. The molecule has 2 N–H and O–H groups in total. The number of hydrogen-bond donors (Lipinski definition) is 2. The maximum atomic E-state index is 10.5. The van der Waals surface area contributed by atoms with Gasteiger partial charge in [-0.1, -0.05) is 9.39 Å². The zero-order valence-corrected chi connectivity index (χ0v) is 7.57. The molecule has 0 spiro atoms. The van der Waals surface area contributed by atoms with Gasteiger partial charge in [0.25, 0.3) is 0 Å². The summed E-state index contributed by atoms with van der Waals surface area (Å²) in [6, 6.07) is 0.510. The minimum absolute atomic E-state index is 0.0930. The van der Waals surface area contributed by atoms with Gasteiger partial charge in [0.1, 0.15) is 0 Å². The molecule has 1 unspecified atom stereocenters. The first-order chi connectivity index (χ1) is 5.24. The van der Waals surface area contributed by atoms with Crippen LogP contribution in [0.15, 0.2) is 0 Å². The fourth-order valence-electron chi connectivity index (χ4n) is 1.51. The highest BCUT2D eigenvalue weighted by molar-refractivity contribution is 7.13. The Bertz CT molecular complexity index is 143. The summed E-state index contributed by atoms with van der Waals surface area (Å²) in [6.45, 7) is 0. The first-order valence-corrected chi connectivity index (χ1v) is 4.50. The lowest BCUT2D eigenvalue weighted by atomic mass is 9.87. The molecule has 0 aliphatic heterocycles. The molecule has 11 heavy (non-hydrogen) atoms. The number of nitrogens with one attached hydrogen (secondary N) is 1. The number of aliphatic carboxylic acids is 1. The lowest BCUT2D eigenvalue weighted by Crippen LogP contribution is -2.29. The number of hydrogen-bond acceptors (Lipinski definition) is 2. The van der Waals surface area contributed by atoms with Crippen molar-refractivity contribution in [2.75, 3.05) is 0 Å². The first kappa shape index (κ1) is 8.95. The van der Waals surface area contributed by atoms with Crippen LogP contribution in [0.2, 0.25) is 0 Å². The van der Waals surface area contributed by atoms with Crippen LogP contribution in [0.25, 0.3) is 0 Å². The minimum Gasteiger partial charge on any atom is -0.481 e.